The first-order valence-electron chi connectivity index (χ1n) is 12.4. The van der Waals surface area contributed by atoms with Crippen molar-refractivity contribution in [1.29, 1.82) is 0 Å². The number of hydrogen-bond donors (Lipinski definition) is 0. The molecule has 0 bridgehead atoms. The van der Waals surface area contributed by atoms with Gasteiger partial charge in [0.1, 0.15) is 0 Å². The number of piperidine rings is 2. The van der Waals surface area contributed by atoms with E-state index in [4.69, 9.17) is 4.74 Å². The lowest BCUT2D eigenvalue weighted by molar-refractivity contribution is 0.0734. The quantitative estimate of drug-likeness (QED) is 0.529. The molecule has 2 aromatic carbocycles. The molecule has 0 atom stereocenters. The number of hydrogen-bond acceptors (Lipinski definition) is 5. The van der Waals surface area contributed by atoms with E-state index in [0.29, 0.717) is 16.9 Å². The van der Waals surface area contributed by atoms with Gasteiger partial charge in [0.15, 0.2) is 0 Å². The van der Waals surface area contributed by atoms with Gasteiger partial charge in [0.2, 0.25) is 0 Å². The average Bonchev–Trinajstić information content (AvgIpc) is 3.29. The molecule has 5 rings (SSSR count). The molecule has 2 fully saturated rings. The topological polar surface area (TPSA) is 71.8 Å². The molecule has 1 aromatic heterocycles. The van der Waals surface area contributed by atoms with E-state index in [0.717, 1.165) is 73.9 Å². The monoisotopic (exact) mass is 495 g/mol. The number of para-hydroxylation sites is 1. The van der Waals surface area contributed by atoms with Gasteiger partial charge in [0.25, 0.3) is 10.0 Å². The van der Waals surface area contributed by atoms with Crippen LogP contribution >= 0.6 is 0 Å². The molecule has 7 nitrogen and oxygen atoms in total. The van der Waals surface area contributed by atoms with Crippen LogP contribution in [0.15, 0.2) is 59.6 Å². The summed E-state index contributed by atoms with van der Waals surface area (Å²) in [7, 11) is -2.25. The molecule has 35 heavy (non-hydrogen) atoms. The number of nitrogens with zero attached hydrogens (tertiary/aromatic N) is 3. The lowest BCUT2D eigenvalue weighted by Gasteiger charge is -2.41. The number of amides is 1. The number of carbonyl (C=O) groups excluding carboxylic acids is 1. The molecule has 0 unspecified atom stereocenters. The summed E-state index contributed by atoms with van der Waals surface area (Å²) in [5.74, 6) is 0.320. The molecule has 186 valence electrons. The van der Waals surface area contributed by atoms with Crippen LogP contribution in [0.2, 0.25) is 0 Å². The molecule has 0 aliphatic carbocycles. The number of aryl methyl sites for hydroxylation is 1. The first-order chi connectivity index (χ1) is 16.9. The molecule has 0 radical (unpaired) electrons. The van der Waals surface area contributed by atoms with Gasteiger partial charge in [0, 0.05) is 30.7 Å². The minimum atomic E-state index is -3.68. The third kappa shape index (κ3) is 4.57. The number of likely N-dealkylation sites (tertiary alicyclic amines) is 2. The molecule has 0 saturated carbocycles. The molecule has 2 aliphatic rings. The summed E-state index contributed by atoms with van der Waals surface area (Å²) in [6.07, 6.45) is 5.54. The first kappa shape index (κ1) is 23.9. The van der Waals surface area contributed by atoms with Gasteiger partial charge in [-0.25, -0.2) is 17.2 Å². The maximum Gasteiger partial charge on any atom is 0.409 e. The second kappa shape index (κ2) is 9.66. The standard InChI is InChI=1S/C27H33N3O4S/c1-20-7-9-23(10-8-20)35(32,33)30-19-25(24-5-3-4-6-26(24)30)21-11-15-28(16-12-21)22-13-17-29(18-14-22)27(31)34-2/h3-10,19,21-22H,11-18H2,1-2H3. The molecule has 8 heteroatoms. The van der Waals surface area contributed by atoms with Crippen molar-refractivity contribution in [1.82, 2.24) is 13.8 Å². The fourth-order valence-electron chi connectivity index (χ4n) is 5.64. The summed E-state index contributed by atoms with van der Waals surface area (Å²) < 4.78 is 33.4. The van der Waals surface area contributed by atoms with Crippen molar-refractivity contribution in [2.45, 2.75) is 49.5 Å². The summed E-state index contributed by atoms with van der Waals surface area (Å²) in [5.41, 5.74) is 2.89. The molecule has 3 aromatic rings. The van der Waals surface area contributed by atoms with E-state index in [1.807, 2.05) is 49.5 Å². The first-order valence-corrected chi connectivity index (χ1v) is 13.8. The van der Waals surface area contributed by atoms with Crippen LogP contribution in [0.3, 0.4) is 0 Å². The van der Waals surface area contributed by atoms with Crippen molar-refractivity contribution >= 4 is 27.0 Å². The van der Waals surface area contributed by atoms with E-state index in [1.54, 1.807) is 17.0 Å². The number of ether oxygens (including phenoxy) is 1. The number of rotatable bonds is 4. The van der Waals surface area contributed by atoms with Crippen LogP contribution < -0.4 is 0 Å². The van der Waals surface area contributed by atoms with Gasteiger partial charge >= 0.3 is 6.09 Å². The van der Waals surface area contributed by atoms with Crippen molar-refractivity contribution in [3.05, 3.63) is 65.9 Å². The fraction of sp³-hybridized carbons (Fsp3) is 0.444. The molecule has 0 N–H and O–H groups in total. The highest BCUT2D eigenvalue weighted by Gasteiger charge is 2.32. The maximum atomic E-state index is 13.5. The minimum Gasteiger partial charge on any atom is -0.453 e. The summed E-state index contributed by atoms with van der Waals surface area (Å²) >= 11 is 0. The van der Waals surface area contributed by atoms with Crippen LogP contribution in [0.1, 0.15) is 42.7 Å². The lowest BCUT2D eigenvalue weighted by Crippen LogP contribution is -2.48. The lowest BCUT2D eigenvalue weighted by atomic mass is 9.88. The van der Waals surface area contributed by atoms with Crippen LogP contribution in [-0.2, 0) is 14.8 Å². The Labute approximate surface area is 207 Å². The SMILES string of the molecule is COC(=O)N1CCC(N2CCC(c3cn(S(=O)(=O)c4ccc(C)cc4)c4ccccc34)CC2)CC1. The Balaban J connectivity index is 1.34. The Bertz CT molecular complexity index is 1300. The zero-order chi connectivity index (χ0) is 24.6. The van der Waals surface area contributed by atoms with Crippen molar-refractivity contribution < 1.29 is 17.9 Å². The van der Waals surface area contributed by atoms with Crippen molar-refractivity contribution in [2.75, 3.05) is 33.3 Å². The van der Waals surface area contributed by atoms with Crippen LogP contribution in [0.4, 0.5) is 4.79 Å². The molecular weight excluding hydrogens is 462 g/mol. The zero-order valence-corrected chi connectivity index (χ0v) is 21.2. The van der Waals surface area contributed by atoms with Crippen molar-refractivity contribution in [3.8, 4) is 0 Å². The van der Waals surface area contributed by atoms with Gasteiger partial charge in [-0.1, -0.05) is 35.9 Å². The van der Waals surface area contributed by atoms with E-state index < -0.39 is 10.0 Å². The smallest absolute Gasteiger partial charge is 0.409 e. The van der Waals surface area contributed by atoms with Crippen LogP contribution in [0.25, 0.3) is 10.9 Å². The van der Waals surface area contributed by atoms with Crippen LogP contribution in [0.5, 0.6) is 0 Å². The molecule has 3 heterocycles. The second-order valence-corrected chi connectivity index (χ2v) is 11.5. The average molecular weight is 496 g/mol. The molecule has 2 saturated heterocycles. The van der Waals surface area contributed by atoms with Gasteiger partial charge in [-0.3, -0.25) is 0 Å². The normalized spacial score (nSPS) is 18.7. The predicted molar refractivity (Wildman–Crippen MR) is 136 cm³/mol. The van der Waals surface area contributed by atoms with Gasteiger partial charge in [-0.2, -0.15) is 0 Å². The predicted octanol–water partition coefficient (Wildman–Crippen LogP) is 4.60. The number of carbonyl (C=O) groups is 1. The van der Waals surface area contributed by atoms with E-state index in [9.17, 15) is 13.2 Å². The fourth-order valence-corrected chi connectivity index (χ4v) is 7.02. The Morgan fingerprint density at radius 2 is 1.57 bits per heavy atom. The minimum absolute atomic E-state index is 0.237. The van der Waals surface area contributed by atoms with E-state index >= 15 is 0 Å². The van der Waals surface area contributed by atoms with Crippen LogP contribution in [-0.4, -0.2) is 67.6 Å². The molecule has 0 spiro atoms. The summed E-state index contributed by atoms with van der Waals surface area (Å²) in [5, 5.41) is 1.02. The molecule has 1 amide bonds. The largest absolute Gasteiger partial charge is 0.453 e. The molecule has 2 aliphatic heterocycles. The summed E-state index contributed by atoms with van der Waals surface area (Å²) in [6.45, 7) is 5.40. The molecular formula is C27H33N3O4S. The highest BCUT2D eigenvalue weighted by Crippen LogP contribution is 2.37. The van der Waals surface area contributed by atoms with Gasteiger partial charge in [-0.15, -0.1) is 0 Å². The van der Waals surface area contributed by atoms with Crippen LogP contribution in [0, 0.1) is 6.92 Å². The van der Waals surface area contributed by atoms with E-state index in [1.165, 1.54) is 11.1 Å². The maximum absolute atomic E-state index is 13.5. The number of aromatic nitrogens is 1. The van der Waals surface area contributed by atoms with E-state index in [2.05, 4.69) is 4.90 Å². The number of benzene rings is 2. The highest BCUT2D eigenvalue weighted by atomic mass is 32.2. The number of fused-ring (bicyclic) bond motifs is 1. The van der Waals surface area contributed by atoms with Gasteiger partial charge in [0.05, 0.1) is 17.5 Å². The Morgan fingerprint density at radius 1 is 0.914 bits per heavy atom. The van der Waals surface area contributed by atoms with Gasteiger partial charge < -0.3 is 14.5 Å². The number of methoxy groups -OCH3 is 1. The van der Waals surface area contributed by atoms with Crippen molar-refractivity contribution in [3.63, 3.8) is 0 Å². The summed E-state index contributed by atoms with van der Waals surface area (Å²) in [6, 6.07) is 15.4. The Kier molecular flexibility index (Phi) is 6.59. The third-order valence-corrected chi connectivity index (χ3v) is 9.36. The Hall–Kier alpha value is -2.84. The highest BCUT2D eigenvalue weighted by molar-refractivity contribution is 7.90. The van der Waals surface area contributed by atoms with E-state index in [-0.39, 0.29) is 6.09 Å². The van der Waals surface area contributed by atoms with Gasteiger partial charge in [-0.05, 0) is 75.4 Å². The van der Waals surface area contributed by atoms with Crippen molar-refractivity contribution in [2.24, 2.45) is 0 Å². The second-order valence-electron chi connectivity index (χ2n) is 9.71. The Morgan fingerprint density at radius 3 is 2.23 bits per heavy atom. The zero-order valence-electron chi connectivity index (χ0n) is 20.4. The third-order valence-electron chi connectivity index (χ3n) is 7.67. The summed E-state index contributed by atoms with van der Waals surface area (Å²) in [4.78, 5) is 16.4.